The third kappa shape index (κ3) is 3.06. The van der Waals surface area contributed by atoms with Crippen molar-refractivity contribution in [3.8, 4) is 6.07 Å². The quantitative estimate of drug-likeness (QED) is 0.394. The summed E-state index contributed by atoms with van der Waals surface area (Å²) in [5.74, 6) is -1.75. The number of ketones is 2. The number of hydrogen-bond acceptors (Lipinski definition) is 6. The van der Waals surface area contributed by atoms with Crippen molar-refractivity contribution in [2.24, 2.45) is 44.8 Å². The molecular weight excluding hydrogens is 478 g/mol. The summed E-state index contributed by atoms with van der Waals surface area (Å²) in [4.78, 5) is 40.8. The zero-order valence-electron chi connectivity index (χ0n) is 23.6. The molecule has 0 aromatic heterocycles. The number of carbonyl (C=O) groups excluding carboxylic acids is 3. The van der Waals surface area contributed by atoms with Gasteiger partial charge in [-0.15, -0.1) is 0 Å². The van der Waals surface area contributed by atoms with Crippen LogP contribution in [0.4, 0.5) is 0 Å². The van der Waals surface area contributed by atoms with Gasteiger partial charge in [-0.25, -0.2) is 0 Å². The molecule has 0 radical (unpaired) electrons. The van der Waals surface area contributed by atoms with Crippen LogP contribution in [-0.2, 0) is 19.1 Å². The normalized spacial score (nSPS) is 47.2. The number of rotatable bonds is 2. The highest BCUT2D eigenvalue weighted by atomic mass is 16.5. The molecule has 1 N–H and O–H groups in total. The summed E-state index contributed by atoms with van der Waals surface area (Å²) in [6.45, 7) is 14.6. The van der Waals surface area contributed by atoms with E-state index in [1.165, 1.54) is 13.2 Å². The summed E-state index contributed by atoms with van der Waals surface area (Å²) in [6, 6.07) is 2.00. The first-order valence-electron chi connectivity index (χ1n) is 14.0. The Hall–Kier alpha value is -2.52. The number of hydrogen-bond donors (Lipinski definition) is 1. The highest BCUT2D eigenvalue weighted by Crippen LogP contribution is 2.74. The Kier molecular flexibility index (Phi) is 5.70. The van der Waals surface area contributed by atoms with Crippen molar-refractivity contribution in [2.45, 2.75) is 85.2 Å². The highest BCUT2D eigenvalue weighted by Gasteiger charge is 2.71. The van der Waals surface area contributed by atoms with Crippen molar-refractivity contribution >= 4 is 17.5 Å². The maximum atomic E-state index is 14.3. The molecule has 38 heavy (non-hydrogen) atoms. The van der Waals surface area contributed by atoms with E-state index in [0.29, 0.717) is 25.7 Å². The third-order valence-electron chi connectivity index (χ3n) is 12.2. The summed E-state index contributed by atoms with van der Waals surface area (Å²) >= 11 is 0. The lowest BCUT2D eigenvalue weighted by Gasteiger charge is -2.68. The maximum absolute atomic E-state index is 14.3. The molecule has 2 unspecified atom stereocenters. The minimum atomic E-state index is -1.86. The Balaban J connectivity index is 1.71. The van der Waals surface area contributed by atoms with Crippen LogP contribution in [0.2, 0.25) is 0 Å². The van der Waals surface area contributed by atoms with E-state index in [4.69, 9.17) is 4.74 Å². The van der Waals surface area contributed by atoms with Gasteiger partial charge in [0, 0.05) is 17.3 Å². The van der Waals surface area contributed by atoms with Gasteiger partial charge in [0.2, 0.25) is 5.78 Å². The van der Waals surface area contributed by atoms with Crippen LogP contribution in [0.1, 0.15) is 79.6 Å². The van der Waals surface area contributed by atoms with Crippen LogP contribution >= 0.6 is 0 Å². The van der Waals surface area contributed by atoms with E-state index < -0.39 is 39.0 Å². The molecular formula is C32H41NO5. The molecule has 3 fully saturated rings. The second kappa shape index (κ2) is 8.01. The number of Topliss-reactive ketones (excluding diaryl/α,β-unsaturated/α-hetero) is 1. The van der Waals surface area contributed by atoms with E-state index in [0.717, 1.165) is 24.8 Å². The van der Waals surface area contributed by atoms with Crippen molar-refractivity contribution in [1.29, 1.82) is 5.26 Å². The molecule has 6 nitrogen and oxygen atoms in total. The van der Waals surface area contributed by atoms with Crippen molar-refractivity contribution in [2.75, 3.05) is 7.11 Å². The Bertz CT molecular complexity index is 1250. The molecule has 0 aromatic carbocycles. The Labute approximate surface area is 226 Å². The molecule has 0 heterocycles. The molecule has 0 amide bonds. The lowest BCUT2D eigenvalue weighted by Crippen LogP contribution is -2.66. The predicted molar refractivity (Wildman–Crippen MR) is 142 cm³/mol. The van der Waals surface area contributed by atoms with Gasteiger partial charge in [-0.05, 0) is 73.2 Å². The molecule has 204 valence electrons. The predicted octanol–water partition coefficient (Wildman–Crippen LogP) is 5.27. The third-order valence-corrected chi connectivity index (χ3v) is 12.2. The first kappa shape index (κ1) is 27.1. The van der Waals surface area contributed by atoms with Crippen LogP contribution < -0.4 is 0 Å². The van der Waals surface area contributed by atoms with Gasteiger partial charge >= 0.3 is 5.97 Å². The minimum absolute atomic E-state index is 0.0171. The zero-order chi connectivity index (χ0) is 28.1. The number of methoxy groups -OCH3 is 1. The summed E-state index contributed by atoms with van der Waals surface area (Å²) < 4.78 is 5.38. The number of esters is 1. The number of carbonyl (C=O) groups is 3. The number of nitriles is 1. The van der Waals surface area contributed by atoms with Crippen LogP contribution in [0.15, 0.2) is 36.0 Å². The maximum Gasteiger partial charge on any atom is 0.312 e. The van der Waals surface area contributed by atoms with Gasteiger partial charge in [-0.1, -0.05) is 58.9 Å². The summed E-state index contributed by atoms with van der Waals surface area (Å²) in [6.07, 6.45) is 9.82. The van der Waals surface area contributed by atoms with Gasteiger partial charge in [-0.3, -0.25) is 14.4 Å². The van der Waals surface area contributed by atoms with Gasteiger partial charge in [-0.2, -0.15) is 5.26 Å². The van der Waals surface area contributed by atoms with Crippen LogP contribution in [0.25, 0.3) is 0 Å². The van der Waals surface area contributed by atoms with E-state index >= 15 is 0 Å². The summed E-state index contributed by atoms with van der Waals surface area (Å²) in [5, 5.41) is 21.4. The molecule has 0 aromatic rings. The van der Waals surface area contributed by atoms with Gasteiger partial charge in [0.15, 0.2) is 5.78 Å². The van der Waals surface area contributed by atoms with Crippen LogP contribution in [0.5, 0.6) is 0 Å². The minimum Gasteiger partial charge on any atom is -0.469 e. The second-order valence-corrected chi connectivity index (χ2v) is 14.2. The Morgan fingerprint density at radius 1 is 1.13 bits per heavy atom. The first-order valence-corrected chi connectivity index (χ1v) is 14.0. The molecule has 3 saturated carbocycles. The van der Waals surface area contributed by atoms with Crippen LogP contribution in [0.3, 0.4) is 0 Å². The lowest BCUT2D eigenvalue weighted by molar-refractivity contribution is -0.191. The van der Waals surface area contributed by atoms with Crippen LogP contribution in [-0.4, -0.2) is 35.4 Å². The number of ether oxygens (including phenoxy) is 1. The van der Waals surface area contributed by atoms with E-state index in [2.05, 4.69) is 34.3 Å². The second-order valence-electron chi connectivity index (χ2n) is 14.2. The molecule has 0 spiro atoms. The van der Waals surface area contributed by atoms with Gasteiger partial charge in [0.05, 0.1) is 18.1 Å². The van der Waals surface area contributed by atoms with E-state index in [-0.39, 0.29) is 34.6 Å². The van der Waals surface area contributed by atoms with Gasteiger partial charge < -0.3 is 9.84 Å². The average Bonchev–Trinajstić information content (AvgIpc) is 2.86. The molecule has 6 heteroatoms. The van der Waals surface area contributed by atoms with E-state index in [1.54, 1.807) is 12.2 Å². The SMILES string of the molecule is C=C[C@]1(O)C(=O)C(C#N)=C[C@]2(C)C3=CC(=O)C4C5CC(C)(C)CC[C@]5(C(=O)OC)CC[C@@]4(C)[C@]3(C)CC[C@H]21. The van der Waals surface area contributed by atoms with Crippen LogP contribution in [0, 0.1) is 56.2 Å². The molecule has 8 atom stereocenters. The summed E-state index contributed by atoms with van der Waals surface area (Å²) in [7, 11) is 1.45. The average molecular weight is 520 g/mol. The zero-order valence-corrected chi connectivity index (χ0v) is 23.6. The van der Waals surface area contributed by atoms with Crippen molar-refractivity contribution in [3.63, 3.8) is 0 Å². The van der Waals surface area contributed by atoms with E-state index in [9.17, 15) is 24.8 Å². The fourth-order valence-electron chi connectivity index (χ4n) is 9.86. The fourth-order valence-corrected chi connectivity index (χ4v) is 9.86. The standard InChI is InChI=1S/C32H41NO5/c1-8-32(37)22-9-10-29(5)23(28(22,4)16-19(18-33)25(32)35)15-21(34)24-20-17-27(2,3)11-13-31(20,26(36)38-7)14-12-30(24,29)6/h8,15-16,20,22,24,37H,1,9-14,17H2,2-7H3/t20?,22-,24?,28+,29-,30-,31+,32-/m1/s1. The van der Waals surface area contributed by atoms with Crippen molar-refractivity contribution in [3.05, 3.63) is 36.0 Å². The molecule has 0 aliphatic heterocycles. The van der Waals surface area contributed by atoms with Gasteiger partial charge in [0.1, 0.15) is 11.7 Å². The smallest absolute Gasteiger partial charge is 0.312 e. The molecule has 0 saturated heterocycles. The molecule has 5 aliphatic carbocycles. The van der Waals surface area contributed by atoms with Crippen molar-refractivity contribution < 1.29 is 24.2 Å². The number of allylic oxidation sites excluding steroid dienone is 3. The number of aliphatic hydroxyl groups is 1. The first-order chi connectivity index (χ1) is 17.6. The monoisotopic (exact) mass is 519 g/mol. The number of fused-ring (bicyclic) bond motifs is 7. The van der Waals surface area contributed by atoms with Gasteiger partial charge in [0.25, 0.3) is 0 Å². The van der Waals surface area contributed by atoms with Crippen molar-refractivity contribution in [1.82, 2.24) is 0 Å². The topological polar surface area (TPSA) is 104 Å². The fraction of sp³-hybridized carbons (Fsp3) is 0.688. The Morgan fingerprint density at radius 3 is 2.39 bits per heavy atom. The highest BCUT2D eigenvalue weighted by molar-refractivity contribution is 6.08. The van der Waals surface area contributed by atoms with E-state index in [1.807, 2.05) is 13.0 Å². The number of nitrogens with zero attached hydrogens (tertiary/aromatic N) is 1. The lowest BCUT2D eigenvalue weighted by atomic mass is 9.34. The molecule has 5 aliphatic rings. The Morgan fingerprint density at radius 2 is 1.79 bits per heavy atom. The molecule has 5 rings (SSSR count). The molecule has 0 bridgehead atoms. The largest absolute Gasteiger partial charge is 0.469 e. The summed E-state index contributed by atoms with van der Waals surface area (Å²) in [5.41, 5.74) is -3.39.